The van der Waals surface area contributed by atoms with Crippen molar-refractivity contribution in [3.63, 3.8) is 0 Å². The molecule has 1 aromatic rings. The number of rotatable bonds is 5. The number of carboxylic acids is 1. The molecule has 3 atom stereocenters. The largest absolute Gasteiger partial charge is 0.481 e. The van der Waals surface area contributed by atoms with Crippen molar-refractivity contribution in [2.45, 2.75) is 56.0 Å². The van der Waals surface area contributed by atoms with E-state index in [4.69, 9.17) is 9.84 Å². The van der Waals surface area contributed by atoms with E-state index in [1.807, 2.05) is 6.20 Å². The lowest BCUT2D eigenvalue weighted by Crippen LogP contribution is -2.23. The number of aryl methyl sites for hydroxylation is 1. The Hall–Kier alpha value is -1.01. The zero-order valence-corrected chi connectivity index (χ0v) is 11.7. The van der Waals surface area contributed by atoms with Crippen LogP contribution in [-0.4, -0.2) is 38.6 Å². The normalized spacial score (nSPS) is 29.0. The zero-order chi connectivity index (χ0) is 13.4. The Morgan fingerprint density at radius 2 is 2.47 bits per heavy atom. The van der Waals surface area contributed by atoms with Crippen LogP contribution >= 0.6 is 11.8 Å². The molecular weight excluding hydrogens is 264 g/mol. The number of imidazole rings is 1. The molecule has 2 fully saturated rings. The average molecular weight is 282 g/mol. The fourth-order valence-electron chi connectivity index (χ4n) is 3.11. The molecular formula is C13H18N2O3S. The smallest absolute Gasteiger partial charge is 0.313 e. The summed E-state index contributed by atoms with van der Waals surface area (Å²) >= 11 is 1.30. The second-order valence-corrected chi connectivity index (χ2v) is 6.06. The predicted octanol–water partition coefficient (Wildman–Crippen LogP) is 2.11. The van der Waals surface area contributed by atoms with Crippen molar-refractivity contribution in [3.05, 3.63) is 11.9 Å². The fraction of sp³-hybridized carbons (Fsp3) is 0.692. The van der Waals surface area contributed by atoms with Crippen LogP contribution in [0, 0.1) is 0 Å². The second-order valence-electron chi connectivity index (χ2n) is 5.12. The maximum atomic E-state index is 10.7. The quantitative estimate of drug-likeness (QED) is 0.838. The van der Waals surface area contributed by atoms with Crippen LogP contribution in [0.4, 0.5) is 0 Å². The maximum absolute atomic E-state index is 10.7. The summed E-state index contributed by atoms with van der Waals surface area (Å²) in [6.45, 7) is 2.10. The lowest BCUT2D eigenvalue weighted by molar-refractivity contribution is -0.133. The summed E-state index contributed by atoms with van der Waals surface area (Å²) in [5.41, 5.74) is 1.18. The highest BCUT2D eigenvalue weighted by molar-refractivity contribution is 7.99. The number of ether oxygens (including phenoxy) is 1. The molecule has 5 nitrogen and oxygen atoms in total. The Morgan fingerprint density at radius 1 is 1.63 bits per heavy atom. The first kappa shape index (κ1) is 13.0. The number of carbonyl (C=O) groups is 1. The zero-order valence-electron chi connectivity index (χ0n) is 10.9. The predicted molar refractivity (Wildman–Crippen MR) is 71.5 cm³/mol. The van der Waals surface area contributed by atoms with Crippen LogP contribution < -0.4 is 0 Å². The van der Waals surface area contributed by atoms with E-state index in [0.717, 1.165) is 30.8 Å². The summed E-state index contributed by atoms with van der Waals surface area (Å²) in [4.78, 5) is 15.1. The van der Waals surface area contributed by atoms with E-state index < -0.39 is 5.97 Å². The molecule has 3 heterocycles. The molecule has 1 aromatic heterocycles. The summed E-state index contributed by atoms with van der Waals surface area (Å²) in [7, 11) is 0. The summed E-state index contributed by atoms with van der Waals surface area (Å²) in [5, 5.41) is 9.64. The highest BCUT2D eigenvalue weighted by Gasteiger charge is 2.43. The van der Waals surface area contributed by atoms with Crippen LogP contribution in [0.2, 0.25) is 0 Å². The molecule has 104 valence electrons. The Bertz CT molecular complexity index is 488. The third-order valence-corrected chi connectivity index (χ3v) is 4.88. The molecule has 0 amide bonds. The Morgan fingerprint density at radius 3 is 3.05 bits per heavy atom. The molecule has 0 spiro atoms. The van der Waals surface area contributed by atoms with E-state index >= 15 is 0 Å². The van der Waals surface area contributed by atoms with E-state index in [1.54, 1.807) is 0 Å². The van der Waals surface area contributed by atoms with Gasteiger partial charge in [-0.05, 0) is 25.7 Å². The van der Waals surface area contributed by atoms with E-state index in [2.05, 4.69) is 16.5 Å². The van der Waals surface area contributed by atoms with Gasteiger partial charge in [-0.15, -0.1) is 0 Å². The molecule has 6 heteroatoms. The van der Waals surface area contributed by atoms with E-state index in [9.17, 15) is 4.79 Å². The van der Waals surface area contributed by atoms with Gasteiger partial charge in [-0.3, -0.25) is 4.79 Å². The summed E-state index contributed by atoms with van der Waals surface area (Å²) in [5.74, 6) is -0.747. The van der Waals surface area contributed by atoms with Crippen LogP contribution in [-0.2, 0) is 16.0 Å². The van der Waals surface area contributed by atoms with Gasteiger partial charge in [0.15, 0.2) is 5.16 Å². The van der Waals surface area contributed by atoms with Crippen molar-refractivity contribution in [2.24, 2.45) is 0 Å². The number of thioether (sulfide) groups is 1. The van der Waals surface area contributed by atoms with Crippen LogP contribution in [0.3, 0.4) is 0 Å². The van der Waals surface area contributed by atoms with Gasteiger partial charge in [0.25, 0.3) is 0 Å². The number of aromatic nitrogens is 2. The fourth-order valence-corrected chi connectivity index (χ4v) is 3.88. The van der Waals surface area contributed by atoms with Gasteiger partial charge in [0, 0.05) is 11.9 Å². The molecule has 0 aromatic carbocycles. The first-order valence-corrected chi connectivity index (χ1v) is 7.73. The Balaban J connectivity index is 1.85. The summed E-state index contributed by atoms with van der Waals surface area (Å²) in [6.07, 6.45) is 6.77. The second kappa shape index (κ2) is 5.17. The van der Waals surface area contributed by atoms with Gasteiger partial charge >= 0.3 is 5.97 Å². The molecule has 0 saturated carbocycles. The molecule has 2 bridgehead atoms. The lowest BCUT2D eigenvalue weighted by Gasteiger charge is -2.24. The molecule has 0 aliphatic carbocycles. The van der Waals surface area contributed by atoms with Crippen molar-refractivity contribution >= 4 is 17.7 Å². The average Bonchev–Trinajstić information content (AvgIpc) is 3.09. The summed E-state index contributed by atoms with van der Waals surface area (Å²) < 4.78 is 8.13. The lowest BCUT2D eigenvalue weighted by atomic mass is 9.95. The van der Waals surface area contributed by atoms with E-state index in [-0.39, 0.29) is 11.9 Å². The van der Waals surface area contributed by atoms with Crippen LogP contribution in [0.25, 0.3) is 0 Å². The van der Waals surface area contributed by atoms with E-state index in [0.29, 0.717) is 12.1 Å². The number of nitrogens with zero attached hydrogens (tertiary/aromatic N) is 2. The first-order valence-electron chi connectivity index (χ1n) is 6.75. The molecule has 2 aliphatic rings. The van der Waals surface area contributed by atoms with Crippen molar-refractivity contribution in [2.75, 3.05) is 5.75 Å². The highest BCUT2D eigenvalue weighted by atomic mass is 32.2. The van der Waals surface area contributed by atoms with Gasteiger partial charge in [0.05, 0.1) is 24.0 Å². The van der Waals surface area contributed by atoms with Gasteiger partial charge in [-0.1, -0.05) is 18.7 Å². The number of carboxylic acid groups (broad SMARTS) is 1. The molecule has 2 aliphatic heterocycles. The molecule has 1 N–H and O–H groups in total. The van der Waals surface area contributed by atoms with Crippen molar-refractivity contribution < 1.29 is 14.6 Å². The minimum atomic E-state index is -0.804. The Kier molecular flexibility index (Phi) is 3.54. The monoisotopic (exact) mass is 282 g/mol. The van der Waals surface area contributed by atoms with Crippen molar-refractivity contribution in [3.8, 4) is 0 Å². The molecule has 2 saturated heterocycles. The maximum Gasteiger partial charge on any atom is 0.313 e. The number of fused-ring (bicyclic) bond motifs is 2. The third-order valence-electron chi connectivity index (χ3n) is 3.93. The van der Waals surface area contributed by atoms with Gasteiger partial charge < -0.3 is 14.4 Å². The molecule has 0 radical (unpaired) electrons. The standard InChI is InChI=1S/C13H18N2O3S/c1-2-8-6-14-13(19-7-12(16)17)15(8)10-5-9-3-4-11(10)18-9/h6,9-11H,2-5,7H2,1H3,(H,16,17). The highest BCUT2D eigenvalue weighted by Crippen LogP contribution is 2.43. The number of hydrogen-bond acceptors (Lipinski definition) is 4. The van der Waals surface area contributed by atoms with Crippen molar-refractivity contribution in [1.82, 2.24) is 9.55 Å². The van der Waals surface area contributed by atoms with E-state index in [1.165, 1.54) is 17.5 Å². The molecule has 3 unspecified atom stereocenters. The first-order chi connectivity index (χ1) is 9.19. The van der Waals surface area contributed by atoms with Gasteiger partial charge in [0.1, 0.15) is 0 Å². The van der Waals surface area contributed by atoms with Crippen LogP contribution in [0.15, 0.2) is 11.4 Å². The Labute approximate surface area is 116 Å². The number of hydrogen-bond donors (Lipinski definition) is 1. The minimum Gasteiger partial charge on any atom is -0.481 e. The summed E-state index contributed by atoms with van der Waals surface area (Å²) in [6, 6.07) is 0.340. The van der Waals surface area contributed by atoms with Crippen LogP contribution in [0.1, 0.15) is 37.9 Å². The molecule has 3 rings (SSSR count). The van der Waals surface area contributed by atoms with Gasteiger partial charge in [0.2, 0.25) is 0 Å². The SMILES string of the molecule is CCc1cnc(SCC(=O)O)n1C1CC2CCC1O2. The third kappa shape index (κ3) is 2.39. The van der Waals surface area contributed by atoms with Crippen molar-refractivity contribution in [1.29, 1.82) is 0 Å². The van der Waals surface area contributed by atoms with Crippen LogP contribution in [0.5, 0.6) is 0 Å². The molecule has 19 heavy (non-hydrogen) atoms. The topological polar surface area (TPSA) is 64.3 Å². The van der Waals surface area contributed by atoms with Gasteiger partial charge in [-0.25, -0.2) is 4.98 Å². The van der Waals surface area contributed by atoms with Gasteiger partial charge in [-0.2, -0.15) is 0 Å². The number of aliphatic carboxylic acids is 1. The minimum absolute atomic E-state index is 0.0574.